The van der Waals surface area contributed by atoms with E-state index in [1.807, 2.05) is 0 Å². The van der Waals surface area contributed by atoms with Crippen molar-refractivity contribution >= 4 is 15.6 Å². The molecular formula is H24NaO19P2-3. The summed E-state index contributed by atoms with van der Waals surface area (Å²) in [4.78, 5) is 37.3. The summed E-state index contributed by atoms with van der Waals surface area (Å²) in [5, 5.41) is 0. The van der Waals surface area contributed by atoms with Gasteiger partial charge in [-0.3, -0.25) is 0 Å². The van der Waals surface area contributed by atoms with Gasteiger partial charge >= 0.3 is 29.6 Å². The Bertz CT molecular complexity index is 156. The van der Waals surface area contributed by atoms with Gasteiger partial charge in [-0.05, 0) is 0 Å². The van der Waals surface area contributed by atoms with Crippen LogP contribution < -0.4 is 49.1 Å². The van der Waals surface area contributed by atoms with E-state index in [0.717, 1.165) is 0 Å². The average Bonchev–Trinajstić information content (AvgIpc) is 1.14. The first-order valence-electron chi connectivity index (χ1n) is 1.46. The molecule has 0 amide bonds. The summed E-state index contributed by atoms with van der Waals surface area (Å²) in [5.41, 5.74) is 0. The van der Waals surface area contributed by atoms with Crippen LogP contribution in [0.2, 0.25) is 0 Å². The Morgan fingerprint density at radius 2 is 0.545 bits per heavy atom. The minimum absolute atomic E-state index is 0. The molecule has 19 nitrogen and oxygen atoms in total. The molecular weight excluding hydrogens is 389 g/mol. The van der Waals surface area contributed by atoms with E-state index in [-0.39, 0.29) is 95.3 Å². The van der Waals surface area contributed by atoms with Crippen LogP contribution in [0.4, 0.5) is 0 Å². The Morgan fingerprint density at radius 3 is 0.545 bits per heavy atom. The fraction of sp³-hybridized carbons (Fsp3) is 0. The molecule has 0 aromatic carbocycles. The van der Waals surface area contributed by atoms with E-state index < -0.39 is 15.6 Å². The third kappa shape index (κ3) is 177. The molecule has 0 aliphatic rings. The van der Waals surface area contributed by atoms with Gasteiger partial charge < -0.3 is 98.7 Å². The molecule has 0 radical (unpaired) electrons. The van der Waals surface area contributed by atoms with Crippen molar-refractivity contribution in [1.82, 2.24) is 0 Å². The second kappa shape index (κ2) is 49.5. The average molecular weight is 413 g/mol. The molecule has 0 bridgehead atoms. The predicted octanol–water partition coefficient (Wildman–Crippen LogP) is -16.2. The van der Waals surface area contributed by atoms with Crippen LogP contribution in [-0.2, 0) is 13.4 Å². The first kappa shape index (κ1) is 140. The molecule has 0 aliphatic heterocycles. The summed E-state index contributed by atoms with van der Waals surface area (Å²) >= 11 is 0. The van der Waals surface area contributed by atoms with Gasteiger partial charge in [0.05, 0.1) is 15.6 Å². The van der Waals surface area contributed by atoms with Crippen molar-refractivity contribution in [2.75, 3.05) is 0 Å². The van der Waals surface area contributed by atoms with Crippen LogP contribution in [0.15, 0.2) is 0 Å². The van der Waals surface area contributed by atoms with E-state index in [0.29, 0.717) is 0 Å². The molecule has 0 spiro atoms. The zero-order valence-corrected chi connectivity index (χ0v) is 14.5. The van der Waals surface area contributed by atoms with Gasteiger partial charge in [0.25, 0.3) is 0 Å². The number of hydrogen-bond acceptors (Lipinski definition) is 7. The van der Waals surface area contributed by atoms with Crippen molar-refractivity contribution in [3.05, 3.63) is 0 Å². The normalized spacial score (nSPS) is 5.64. The molecule has 0 rings (SSSR count). The van der Waals surface area contributed by atoms with Gasteiger partial charge in [0.1, 0.15) is 0 Å². The fourth-order valence-electron chi connectivity index (χ4n) is 0.122. The molecule has 0 saturated carbocycles. The molecule has 0 aliphatic carbocycles. The van der Waals surface area contributed by atoms with Crippen LogP contribution in [0.5, 0.6) is 0 Å². The largest absolute Gasteiger partial charge is 1.00 e. The minimum atomic E-state index is -5.68. The van der Waals surface area contributed by atoms with Gasteiger partial charge in [-0.15, -0.1) is 0 Å². The maximum absolute atomic E-state index is 9.32. The van der Waals surface area contributed by atoms with Crippen molar-refractivity contribution in [3.8, 4) is 0 Å². The molecule has 0 atom stereocenters. The Balaban J connectivity index is -0.00000000410. The Hall–Kier alpha value is 0.780. The first-order valence-corrected chi connectivity index (χ1v) is 4.38. The van der Waals surface area contributed by atoms with Crippen molar-refractivity contribution < 1.29 is 128 Å². The van der Waals surface area contributed by atoms with Crippen molar-refractivity contribution in [1.29, 1.82) is 0 Å². The minimum Gasteiger partial charge on any atom is -0.790 e. The fourth-order valence-corrected chi connectivity index (χ4v) is 1.10. The van der Waals surface area contributed by atoms with Crippen molar-refractivity contribution in [2.45, 2.75) is 0 Å². The molecule has 0 fully saturated rings. The van der Waals surface area contributed by atoms with Gasteiger partial charge in [-0.25, -0.2) is 0 Å². The summed E-state index contributed by atoms with van der Waals surface area (Å²) in [6.45, 7) is 0. The topological polar surface area (TPSA) is 514 Å². The molecule has 0 aromatic rings. The van der Waals surface area contributed by atoms with E-state index in [2.05, 4.69) is 4.31 Å². The summed E-state index contributed by atoms with van der Waals surface area (Å²) in [6, 6.07) is 0. The predicted molar refractivity (Wildman–Crippen MR) is 59.7 cm³/mol. The molecule has 0 heterocycles. The first-order chi connectivity index (χ1) is 3.71. The van der Waals surface area contributed by atoms with E-state index >= 15 is 0 Å². The van der Waals surface area contributed by atoms with Crippen molar-refractivity contribution in [2.24, 2.45) is 0 Å². The molecule has 152 valence electrons. The summed E-state index contributed by atoms with van der Waals surface area (Å²) in [6.07, 6.45) is 0. The maximum Gasteiger partial charge on any atom is 1.00 e. The smallest absolute Gasteiger partial charge is 0.790 e. The van der Waals surface area contributed by atoms with E-state index in [1.165, 1.54) is 0 Å². The molecule has 22 heteroatoms. The van der Waals surface area contributed by atoms with Gasteiger partial charge in [-0.1, -0.05) is 0 Å². The molecule has 0 saturated heterocycles. The van der Waals surface area contributed by atoms with Gasteiger partial charge in [-0.2, -0.15) is 0 Å². The van der Waals surface area contributed by atoms with E-state index in [9.17, 15) is 28.7 Å². The van der Waals surface area contributed by atoms with Crippen LogP contribution in [0.25, 0.3) is 0 Å². The molecule has 0 unspecified atom stereocenters. The van der Waals surface area contributed by atoms with Crippen LogP contribution in [0, 0.1) is 0 Å². The quantitative estimate of drug-likeness (QED) is 0.310. The van der Waals surface area contributed by atoms with E-state index in [1.54, 1.807) is 0 Å². The second-order valence-electron chi connectivity index (χ2n) is 0.976. The van der Waals surface area contributed by atoms with Gasteiger partial charge in [0.2, 0.25) is 0 Å². The second-order valence-corrected chi connectivity index (χ2v) is 3.42. The maximum atomic E-state index is 9.32. The van der Waals surface area contributed by atoms with Crippen LogP contribution >= 0.6 is 15.6 Å². The number of phosphoric acid groups is 2. The SMILES string of the molecule is O.O.O.O.O.O.O.O.O.O.O.O.O=P([O-])([O-])OP(=O)([O-])[O-].[Na+]. The third-order valence-electron chi connectivity index (χ3n) is 0.200. The Labute approximate surface area is 144 Å². The Morgan fingerprint density at radius 1 is 0.455 bits per heavy atom. The summed E-state index contributed by atoms with van der Waals surface area (Å²) < 4.78 is 21.2. The number of rotatable bonds is 2. The molecule has 22 heavy (non-hydrogen) atoms. The summed E-state index contributed by atoms with van der Waals surface area (Å²) in [7, 11) is -11.4. The van der Waals surface area contributed by atoms with Crippen LogP contribution in [0.3, 0.4) is 0 Å². The summed E-state index contributed by atoms with van der Waals surface area (Å²) in [5.74, 6) is 0. The monoisotopic (exact) mass is 413 g/mol. The standard InChI is InChI=1S/Na.H4O7P2.12H2O/c;1-8(2,3)7-9(4,5)6;;;;;;;;;;;;/h;(H2,1,2,3)(H2,4,5,6);12*1H2/q+1;;;;;;;;;;;;;/p-4. The van der Waals surface area contributed by atoms with Crippen molar-refractivity contribution in [3.63, 3.8) is 0 Å². The van der Waals surface area contributed by atoms with Gasteiger partial charge in [0, 0.05) is 0 Å². The molecule has 0 aromatic heterocycles. The number of hydrogen-bond donors (Lipinski definition) is 0. The Kier molecular flexibility index (Phi) is 316. The third-order valence-corrected chi connectivity index (χ3v) is 1.80. The van der Waals surface area contributed by atoms with E-state index in [4.69, 9.17) is 0 Å². The zero-order chi connectivity index (χ0) is 7.71. The van der Waals surface area contributed by atoms with Crippen LogP contribution in [-0.4, -0.2) is 65.7 Å². The van der Waals surface area contributed by atoms with Crippen LogP contribution in [0.1, 0.15) is 0 Å². The zero-order valence-electron chi connectivity index (χ0n) is 10.8. The van der Waals surface area contributed by atoms with Gasteiger partial charge in [0.15, 0.2) is 0 Å². The molecule has 24 N–H and O–H groups in total.